The zero-order chi connectivity index (χ0) is 27.9. The summed E-state index contributed by atoms with van der Waals surface area (Å²) in [5.41, 5.74) is 0.0591. The summed E-state index contributed by atoms with van der Waals surface area (Å²) in [5, 5.41) is 13.0. The lowest BCUT2D eigenvalue weighted by Gasteiger charge is -2.39. The highest BCUT2D eigenvalue weighted by atomic mass is 19.4. The van der Waals surface area contributed by atoms with Crippen LogP contribution in [0.2, 0.25) is 0 Å². The summed E-state index contributed by atoms with van der Waals surface area (Å²) in [5.74, 6) is -1.70. The fourth-order valence-electron chi connectivity index (χ4n) is 5.45. The highest BCUT2D eigenvalue weighted by molar-refractivity contribution is 6.25. The molecule has 2 aromatic carbocycles. The van der Waals surface area contributed by atoms with Gasteiger partial charge in [0.1, 0.15) is 5.78 Å². The number of piperidine rings is 1. The van der Waals surface area contributed by atoms with Gasteiger partial charge in [-0.25, -0.2) is 0 Å². The maximum atomic E-state index is 13.2. The molecule has 11 heteroatoms. The molecule has 2 amide bonds. The molecule has 2 heterocycles. The Kier molecular flexibility index (Phi) is 7.06. The highest BCUT2D eigenvalue weighted by Gasteiger charge is 2.54. The summed E-state index contributed by atoms with van der Waals surface area (Å²) < 4.78 is 39.1. The predicted molar refractivity (Wildman–Crippen MR) is 134 cm³/mol. The fourth-order valence-corrected chi connectivity index (χ4v) is 5.45. The van der Waals surface area contributed by atoms with Crippen LogP contribution in [0.3, 0.4) is 0 Å². The average Bonchev–Trinajstić information content (AvgIpc) is 3.15. The Bertz CT molecular complexity index is 1320. The van der Waals surface area contributed by atoms with E-state index in [1.54, 1.807) is 18.2 Å². The number of Topliss-reactive ketones (excluding diaryl/α,β-unsaturated/α-hetero) is 2. The van der Waals surface area contributed by atoms with Crippen LogP contribution in [-0.4, -0.2) is 69.2 Å². The van der Waals surface area contributed by atoms with Gasteiger partial charge in [-0.15, -0.1) is 0 Å². The van der Waals surface area contributed by atoms with Crippen molar-refractivity contribution in [1.29, 1.82) is 0 Å². The number of carbonyl (C=O) groups excluding carboxylic acids is 4. The van der Waals surface area contributed by atoms with Crippen molar-refractivity contribution in [3.05, 3.63) is 64.7 Å². The molecular formula is C28H28F3N3O5. The van der Waals surface area contributed by atoms with Crippen LogP contribution in [0.25, 0.3) is 0 Å². The van der Waals surface area contributed by atoms with Gasteiger partial charge in [0.15, 0.2) is 11.4 Å². The molecule has 0 radical (unpaired) electrons. The number of nitrogens with one attached hydrogen (secondary N) is 1. The minimum atomic E-state index is -4.63. The van der Waals surface area contributed by atoms with Gasteiger partial charge in [-0.2, -0.15) is 13.2 Å². The van der Waals surface area contributed by atoms with Gasteiger partial charge < -0.3 is 10.4 Å². The second-order valence-corrected chi connectivity index (χ2v) is 10.4. The van der Waals surface area contributed by atoms with Crippen molar-refractivity contribution >= 4 is 29.1 Å². The number of anilines is 1. The van der Waals surface area contributed by atoms with Gasteiger partial charge in [-0.05, 0) is 42.5 Å². The zero-order valence-corrected chi connectivity index (χ0v) is 21.1. The first-order valence-corrected chi connectivity index (χ1v) is 12.9. The molecule has 0 spiro atoms. The number of amides is 2. The van der Waals surface area contributed by atoms with Crippen LogP contribution in [0.15, 0.2) is 42.5 Å². The molecule has 1 unspecified atom stereocenters. The van der Waals surface area contributed by atoms with Crippen LogP contribution < -0.4 is 5.32 Å². The number of benzene rings is 2. The van der Waals surface area contributed by atoms with Crippen molar-refractivity contribution in [1.82, 2.24) is 9.80 Å². The molecule has 39 heavy (non-hydrogen) atoms. The maximum absolute atomic E-state index is 13.2. The molecule has 1 saturated heterocycles. The molecule has 2 aromatic rings. The van der Waals surface area contributed by atoms with Gasteiger partial charge >= 0.3 is 6.18 Å². The van der Waals surface area contributed by atoms with Gasteiger partial charge in [-0.1, -0.05) is 30.3 Å². The van der Waals surface area contributed by atoms with Gasteiger partial charge in [-0.3, -0.25) is 29.0 Å². The molecule has 3 aliphatic rings. The number of aliphatic hydroxyl groups is 1. The topological polar surface area (TPSA) is 107 Å². The summed E-state index contributed by atoms with van der Waals surface area (Å²) in [6.45, 7) is 1.10. The summed E-state index contributed by atoms with van der Waals surface area (Å²) in [7, 11) is 0. The summed E-state index contributed by atoms with van der Waals surface area (Å²) in [6.07, 6.45) is -5.32. The number of hydrogen-bond donors (Lipinski definition) is 2. The number of imide groups is 1. The first-order chi connectivity index (χ1) is 18.5. The van der Waals surface area contributed by atoms with Crippen LogP contribution in [0.5, 0.6) is 0 Å². The number of likely N-dealkylation sites (tertiary alicyclic amines) is 1. The standard InChI is InChI=1S/C28H28F3N3O5/c29-28(30,31)27(39)10-12-33(13-11-27)16-18-6-4-17(5-7-18)15-32-21-3-1-2-20-24(21)26(38)34(25(20)37)22-9-8-19(35)14-23(22)36/h1-7,22,32,39H,8-16H2. The van der Waals surface area contributed by atoms with E-state index in [0.717, 1.165) is 16.0 Å². The van der Waals surface area contributed by atoms with Crippen molar-refractivity contribution in [2.45, 2.75) is 63.0 Å². The lowest BCUT2D eigenvalue weighted by Crippen LogP contribution is -2.53. The Morgan fingerprint density at radius 3 is 2.26 bits per heavy atom. The number of ketones is 2. The Balaban J connectivity index is 1.21. The molecule has 1 aliphatic carbocycles. The van der Waals surface area contributed by atoms with Crippen molar-refractivity contribution in [2.24, 2.45) is 0 Å². The van der Waals surface area contributed by atoms with Crippen molar-refractivity contribution in [3.8, 4) is 0 Å². The summed E-state index contributed by atoms with van der Waals surface area (Å²) >= 11 is 0. The van der Waals surface area contributed by atoms with E-state index in [9.17, 15) is 37.5 Å². The van der Waals surface area contributed by atoms with Crippen molar-refractivity contribution in [3.63, 3.8) is 0 Å². The van der Waals surface area contributed by atoms with Crippen LogP contribution in [-0.2, 0) is 22.7 Å². The third-order valence-corrected chi connectivity index (χ3v) is 7.82. The normalized spacial score (nSPS) is 21.8. The second kappa shape index (κ2) is 10.2. The molecule has 206 valence electrons. The molecule has 1 saturated carbocycles. The average molecular weight is 544 g/mol. The molecule has 2 aliphatic heterocycles. The maximum Gasteiger partial charge on any atom is 0.417 e. The monoisotopic (exact) mass is 543 g/mol. The summed E-state index contributed by atoms with van der Waals surface area (Å²) in [6, 6.07) is 11.5. The molecule has 2 fully saturated rings. The van der Waals surface area contributed by atoms with E-state index in [0.29, 0.717) is 18.8 Å². The SMILES string of the molecule is O=C1CCC(N2C(=O)c3cccc(NCc4ccc(CN5CCC(O)(C(F)(F)F)CC5)cc4)c3C2=O)C(=O)C1. The molecule has 5 rings (SSSR count). The van der Waals surface area contributed by atoms with Crippen molar-refractivity contribution < 1.29 is 37.5 Å². The predicted octanol–water partition coefficient (Wildman–Crippen LogP) is 3.47. The first-order valence-electron chi connectivity index (χ1n) is 12.9. The minimum Gasteiger partial charge on any atom is -0.380 e. The van der Waals surface area contributed by atoms with E-state index >= 15 is 0 Å². The lowest BCUT2D eigenvalue weighted by atomic mass is 9.90. The molecule has 8 nitrogen and oxygen atoms in total. The zero-order valence-electron chi connectivity index (χ0n) is 21.1. The van der Waals surface area contributed by atoms with Crippen LogP contribution >= 0.6 is 0 Å². The van der Waals surface area contributed by atoms with E-state index in [4.69, 9.17) is 0 Å². The van der Waals surface area contributed by atoms with Crippen LogP contribution in [0, 0.1) is 0 Å². The van der Waals surface area contributed by atoms with Crippen LogP contribution in [0.4, 0.5) is 18.9 Å². The number of nitrogens with zero attached hydrogens (tertiary/aromatic N) is 2. The molecule has 2 N–H and O–H groups in total. The Morgan fingerprint density at radius 2 is 1.62 bits per heavy atom. The second-order valence-electron chi connectivity index (χ2n) is 10.4. The summed E-state index contributed by atoms with van der Waals surface area (Å²) in [4.78, 5) is 53.1. The van der Waals surface area contributed by atoms with Crippen molar-refractivity contribution in [2.75, 3.05) is 18.4 Å². The Morgan fingerprint density at radius 1 is 0.949 bits per heavy atom. The fraction of sp³-hybridized carbons (Fsp3) is 0.429. The Hall–Kier alpha value is -3.57. The largest absolute Gasteiger partial charge is 0.417 e. The smallest absolute Gasteiger partial charge is 0.380 e. The number of halogens is 3. The van der Waals surface area contributed by atoms with Gasteiger partial charge in [0.25, 0.3) is 11.8 Å². The van der Waals surface area contributed by atoms with Crippen LogP contribution in [0.1, 0.15) is 63.9 Å². The lowest BCUT2D eigenvalue weighted by molar-refractivity contribution is -0.272. The number of hydrogen-bond acceptors (Lipinski definition) is 7. The minimum absolute atomic E-state index is 0.138. The molecule has 1 atom stereocenters. The van der Waals surface area contributed by atoms with E-state index in [2.05, 4.69) is 5.32 Å². The van der Waals surface area contributed by atoms with E-state index in [1.165, 1.54) is 0 Å². The molecular weight excluding hydrogens is 515 g/mol. The third kappa shape index (κ3) is 5.20. The quantitative estimate of drug-likeness (QED) is 0.425. The third-order valence-electron chi connectivity index (χ3n) is 7.82. The van der Waals surface area contributed by atoms with E-state index in [-0.39, 0.29) is 62.1 Å². The van der Waals surface area contributed by atoms with E-state index < -0.39 is 35.4 Å². The molecule has 0 bridgehead atoms. The first kappa shape index (κ1) is 27.0. The number of fused-ring (bicyclic) bond motifs is 1. The molecule has 0 aromatic heterocycles. The number of rotatable bonds is 6. The number of carbonyl (C=O) groups is 4. The highest BCUT2D eigenvalue weighted by Crippen LogP contribution is 2.38. The Labute approximate surface area is 222 Å². The number of alkyl halides is 3. The van der Waals surface area contributed by atoms with Gasteiger partial charge in [0.05, 0.1) is 23.6 Å². The van der Waals surface area contributed by atoms with Gasteiger partial charge in [0, 0.05) is 38.3 Å². The van der Waals surface area contributed by atoms with Gasteiger partial charge in [0.2, 0.25) is 0 Å². The van der Waals surface area contributed by atoms with E-state index in [1.807, 2.05) is 29.2 Å².